The van der Waals surface area contributed by atoms with E-state index in [0.29, 0.717) is 12.4 Å². The van der Waals surface area contributed by atoms with Gasteiger partial charge in [-0.1, -0.05) is 41.5 Å². The van der Waals surface area contributed by atoms with Crippen molar-refractivity contribution in [2.45, 2.75) is 58.4 Å². The van der Waals surface area contributed by atoms with Gasteiger partial charge in [0.05, 0.1) is 19.3 Å². The lowest BCUT2D eigenvalue weighted by Crippen LogP contribution is -2.35. The zero-order chi connectivity index (χ0) is 15.8. The van der Waals surface area contributed by atoms with Gasteiger partial charge in [0, 0.05) is 6.54 Å². The molecule has 0 radical (unpaired) electrons. The molecule has 0 bridgehead atoms. The van der Waals surface area contributed by atoms with Crippen LogP contribution in [0.15, 0.2) is 12.1 Å². The van der Waals surface area contributed by atoms with Gasteiger partial charge in [0.15, 0.2) is 0 Å². The molecular formula is C18H29NO2. The van der Waals surface area contributed by atoms with E-state index in [1.165, 1.54) is 5.56 Å². The van der Waals surface area contributed by atoms with Crippen molar-refractivity contribution in [1.82, 2.24) is 5.32 Å². The van der Waals surface area contributed by atoms with E-state index in [9.17, 15) is 5.11 Å². The SMILES string of the molecule is CC(C)(C)c1cc([C@H]2COCCN2)cc(C(C)(C)C)c1O. The lowest BCUT2D eigenvalue weighted by molar-refractivity contribution is 0.0767. The molecule has 0 aliphatic carbocycles. The first-order valence-electron chi connectivity index (χ1n) is 7.79. The number of morpholine rings is 1. The van der Waals surface area contributed by atoms with Crippen molar-refractivity contribution in [3.05, 3.63) is 28.8 Å². The van der Waals surface area contributed by atoms with Crippen molar-refractivity contribution in [1.29, 1.82) is 0 Å². The Hall–Kier alpha value is -1.06. The first-order valence-corrected chi connectivity index (χ1v) is 7.79. The van der Waals surface area contributed by atoms with Crippen LogP contribution in [-0.2, 0) is 15.6 Å². The topological polar surface area (TPSA) is 41.5 Å². The smallest absolute Gasteiger partial charge is 0.123 e. The molecule has 1 fully saturated rings. The van der Waals surface area contributed by atoms with Crippen LogP contribution in [0.5, 0.6) is 5.75 Å². The summed E-state index contributed by atoms with van der Waals surface area (Å²) in [5, 5.41) is 14.2. The summed E-state index contributed by atoms with van der Waals surface area (Å²) in [7, 11) is 0. The van der Waals surface area contributed by atoms with Gasteiger partial charge in [-0.3, -0.25) is 0 Å². The van der Waals surface area contributed by atoms with Crippen LogP contribution < -0.4 is 5.32 Å². The molecule has 0 spiro atoms. The number of benzene rings is 1. The number of ether oxygens (including phenoxy) is 1. The minimum atomic E-state index is -0.0877. The van der Waals surface area contributed by atoms with E-state index in [0.717, 1.165) is 24.3 Å². The Morgan fingerprint density at radius 3 is 1.95 bits per heavy atom. The fourth-order valence-corrected chi connectivity index (χ4v) is 2.78. The van der Waals surface area contributed by atoms with Crippen LogP contribution in [-0.4, -0.2) is 24.9 Å². The van der Waals surface area contributed by atoms with E-state index in [4.69, 9.17) is 4.74 Å². The van der Waals surface area contributed by atoms with Gasteiger partial charge in [0.1, 0.15) is 5.75 Å². The summed E-state index contributed by atoms with van der Waals surface area (Å²) in [6, 6.07) is 4.48. The molecule has 21 heavy (non-hydrogen) atoms. The molecule has 1 aliphatic heterocycles. The monoisotopic (exact) mass is 291 g/mol. The molecule has 0 aromatic heterocycles. The summed E-state index contributed by atoms with van der Waals surface area (Å²) in [5.41, 5.74) is 3.06. The molecule has 2 rings (SSSR count). The zero-order valence-electron chi connectivity index (χ0n) is 14.2. The molecule has 2 N–H and O–H groups in total. The molecule has 1 atom stereocenters. The van der Waals surface area contributed by atoms with Crippen LogP contribution in [0.3, 0.4) is 0 Å². The van der Waals surface area contributed by atoms with Crippen molar-refractivity contribution in [2.75, 3.05) is 19.8 Å². The molecule has 1 aliphatic rings. The molecule has 1 aromatic carbocycles. The third-order valence-electron chi connectivity index (χ3n) is 4.07. The van der Waals surface area contributed by atoms with Gasteiger partial charge >= 0.3 is 0 Å². The van der Waals surface area contributed by atoms with Crippen molar-refractivity contribution < 1.29 is 9.84 Å². The molecule has 1 saturated heterocycles. The van der Waals surface area contributed by atoms with Crippen LogP contribution >= 0.6 is 0 Å². The van der Waals surface area contributed by atoms with E-state index in [1.807, 2.05) is 0 Å². The first-order chi connectivity index (χ1) is 9.60. The van der Waals surface area contributed by atoms with Crippen LogP contribution in [0.2, 0.25) is 0 Å². The second-order valence-electron chi connectivity index (χ2n) is 8.05. The van der Waals surface area contributed by atoms with Gasteiger partial charge < -0.3 is 15.2 Å². The van der Waals surface area contributed by atoms with E-state index >= 15 is 0 Å². The molecule has 0 saturated carbocycles. The molecular weight excluding hydrogens is 262 g/mol. The highest BCUT2D eigenvalue weighted by atomic mass is 16.5. The van der Waals surface area contributed by atoms with Gasteiger partial charge in [0.2, 0.25) is 0 Å². The van der Waals surface area contributed by atoms with E-state index in [-0.39, 0.29) is 16.9 Å². The molecule has 3 nitrogen and oxygen atoms in total. The summed E-state index contributed by atoms with van der Waals surface area (Å²) in [4.78, 5) is 0. The fourth-order valence-electron chi connectivity index (χ4n) is 2.78. The van der Waals surface area contributed by atoms with Crippen LogP contribution in [0.25, 0.3) is 0 Å². The quantitative estimate of drug-likeness (QED) is 0.830. The predicted octanol–water partition coefficient (Wildman–Crippen LogP) is 3.65. The standard InChI is InChI=1S/C18H29NO2/c1-17(2,3)13-9-12(15-11-21-8-7-19-15)10-14(16(13)20)18(4,5)6/h9-10,15,19-20H,7-8,11H2,1-6H3/t15-/m1/s1. The third kappa shape index (κ3) is 3.58. The minimum absolute atomic E-state index is 0.0877. The highest BCUT2D eigenvalue weighted by molar-refractivity contribution is 5.50. The first kappa shape index (κ1) is 16.3. The molecule has 3 heteroatoms. The van der Waals surface area contributed by atoms with Crippen molar-refractivity contribution in [3.63, 3.8) is 0 Å². The normalized spacial score (nSPS) is 20.6. The maximum atomic E-state index is 10.7. The molecule has 1 heterocycles. The van der Waals surface area contributed by atoms with Crippen LogP contribution in [0, 0.1) is 0 Å². The number of phenolic OH excluding ortho intramolecular Hbond substituents is 1. The number of hydrogen-bond acceptors (Lipinski definition) is 3. The van der Waals surface area contributed by atoms with E-state index in [1.54, 1.807) is 0 Å². The summed E-state index contributed by atoms with van der Waals surface area (Å²) in [6.07, 6.45) is 0. The fraction of sp³-hybridized carbons (Fsp3) is 0.667. The summed E-state index contributed by atoms with van der Waals surface area (Å²) in [5.74, 6) is 0.440. The third-order valence-corrected chi connectivity index (χ3v) is 4.07. The summed E-state index contributed by atoms with van der Waals surface area (Å²) in [6.45, 7) is 15.2. The van der Waals surface area contributed by atoms with Crippen LogP contribution in [0.1, 0.15) is 64.3 Å². The van der Waals surface area contributed by atoms with Gasteiger partial charge in [-0.2, -0.15) is 0 Å². The van der Waals surface area contributed by atoms with Gasteiger partial charge in [0.25, 0.3) is 0 Å². The average Bonchev–Trinajstić information content (AvgIpc) is 2.37. The largest absolute Gasteiger partial charge is 0.507 e. The zero-order valence-corrected chi connectivity index (χ0v) is 14.2. The van der Waals surface area contributed by atoms with Gasteiger partial charge in [-0.25, -0.2) is 0 Å². The van der Waals surface area contributed by atoms with E-state index in [2.05, 4.69) is 59.0 Å². The average molecular weight is 291 g/mol. The number of phenols is 1. The van der Waals surface area contributed by atoms with Crippen molar-refractivity contribution in [2.24, 2.45) is 0 Å². The predicted molar refractivity (Wildman–Crippen MR) is 87.1 cm³/mol. The number of aromatic hydroxyl groups is 1. The Morgan fingerprint density at radius 2 is 1.57 bits per heavy atom. The Labute approximate surface area is 128 Å². The van der Waals surface area contributed by atoms with Crippen molar-refractivity contribution in [3.8, 4) is 5.75 Å². The maximum Gasteiger partial charge on any atom is 0.123 e. The Balaban J connectivity index is 2.56. The van der Waals surface area contributed by atoms with Crippen LogP contribution in [0.4, 0.5) is 0 Å². The lowest BCUT2D eigenvalue weighted by atomic mass is 9.77. The molecule has 1 aromatic rings. The maximum absolute atomic E-state index is 10.7. The highest BCUT2D eigenvalue weighted by Gasteiger charge is 2.28. The lowest BCUT2D eigenvalue weighted by Gasteiger charge is -2.31. The number of hydrogen-bond donors (Lipinski definition) is 2. The molecule has 0 unspecified atom stereocenters. The Morgan fingerprint density at radius 1 is 1.05 bits per heavy atom. The molecule has 0 amide bonds. The Bertz CT molecular complexity index is 468. The number of rotatable bonds is 1. The van der Waals surface area contributed by atoms with Gasteiger partial charge in [-0.15, -0.1) is 0 Å². The second kappa shape index (κ2) is 5.62. The Kier molecular flexibility index (Phi) is 4.36. The molecule has 118 valence electrons. The van der Waals surface area contributed by atoms with Crippen molar-refractivity contribution >= 4 is 0 Å². The summed E-state index contributed by atoms with van der Waals surface area (Å²) < 4.78 is 5.59. The minimum Gasteiger partial charge on any atom is -0.507 e. The highest BCUT2D eigenvalue weighted by Crippen LogP contribution is 2.40. The number of nitrogens with one attached hydrogen (secondary N) is 1. The second-order valence-corrected chi connectivity index (χ2v) is 8.05. The van der Waals surface area contributed by atoms with E-state index < -0.39 is 0 Å². The summed E-state index contributed by atoms with van der Waals surface area (Å²) >= 11 is 0. The van der Waals surface area contributed by atoms with Gasteiger partial charge in [-0.05, 0) is 39.7 Å².